The molecule has 390 valence electrons. The average Bonchev–Trinajstić information content (AvgIpc) is 3.61. The number of benzene rings is 13. The van der Waals surface area contributed by atoms with Crippen molar-refractivity contribution in [3.63, 3.8) is 0 Å². The Morgan fingerprint density at radius 2 is 0.207 bits per heavy atom. The minimum Gasteiger partial charge on any atom is -0.311 e. The molecule has 0 radical (unpaired) electrons. The fourth-order valence-electron chi connectivity index (χ4n) is 10.9. The Labute approximate surface area is 481 Å². The topological polar surface area (TPSA) is 13.0 Å². The molecule has 4 heteroatoms. The Hall–Kier alpha value is -10.9. The predicted octanol–water partition coefficient (Wildman–Crippen LogP) is 22.2. The van der Waals surface area contributed by atoms with E-state index in [1.807, 2.05) is 0 Å². The maximum Gasteiger partial charge on any atom is 0.0462 e. The molecule has 0 aliphatic carbocycles. The summed E-state index contributed by atoms with van der Waals surface area (Å²) in [6, 6.07) is 126. The van der Waals surface area contributed by atoms with Crippen molar-refractivity contribution >= 4 is 68.2 Å². The van der Waals surface area contributed by atoms with Gasteiger partial charge in [0.2, 0.25) is 0 Å². The van der Waals surface area contributed by atoms with E-state index in [4.69, 9.17) is 0 Å². The van der Waals surface area contributed by atoms with E-state index in [0.717, 1.165) is 102 Å². The van der Waals surface area contributed by atoms with Gasteiger partial charge in [0.05, 0.1) is 0 Å². The summed E-state index contributed by atoms with van der Waals surface area (Å²) < 4.78 is 0. The van der Waals surface area contributed by atoms with Crippen LogP contribution in [0.2, 0.25) is 0 Å². The molecule has 0 aromatic heterocycles. The summed E-state index contributed by atoms with van der Waals surface area (Å²) in [4.78, 5) is 9.25. The van der Waals surface area contributed by atoms with Gasteiger partial charge >= 0.3 is 0 Å². The first-order valence-electron chi connectivity index (χ1n) is 27.9. The van der Waals surface area contributed by atoms with Crippen LogP contribution in [0, 0.1) is 0 Å². The summed E-state index contributed by atoms with van der Waals surface area (Å²) in [5.41, 5.74) is 22.5. The largest absolute Gasteiger partial charge is 0.311 e. The maximum absolute atomic E-state index is 2.32. The molecule has 0 unspecified atom stereocenters. The SMILES string of the molecule is c1ccc(-c2ccc(N(c3ccccc3)c3ccc(-c4ccc(N(c5ccccc5)c5ccc(-c6ccc(N(c7ccccc7)c7ccc(-c8ccc(N(c9ccccc9)c9ccccc9)cc8)cc7)cc6)cc5)cc4)cc3)cc2)cc1. The summed E-state index contributed by atoms with van der Waals surface area (Å²) >= 11 is 0. The monoisotopic (exact) mass is 1050 g/mol. The van der Waals surface area contributed by atoms with Gasteiger partial charge in [0.25, 0.3) is 0 Å². The summed E-state index contributed by atoms with van der Waals surface area (Å²) in [7, 11) is 0. The summed E-state index contributed by atoms with van der Waals surface area (Å²) in [6.07, 6.45) is 0. The highest BCUT2D eigenvalue weighted by atomic mass is 15.2. The average molecular weight is 1050 g/mol. The lowest BCUT2D eigenvalue weighted by atomic mass is 10.0. The Morgan fingerprint density at radius 1 is 0.0976 bits per heavy atom. The molecule has 0 fully saturated rings. The van der Waals surface area contributed by atoms with E-state index in [9.17, 15) is 0 Å². The van der Waals surface area contributed by atoms with Gasteiger partial charge < -0.3 is 19.6 Å². The standard InChI is InChI=1S/C78H58N4/c1-7-19-59(20-8-1)60-31-45-73(46-32-60)80(69-25-13-4-14-26-69)74-49-37-63(38-50-74)64-39-53-77(54-40-64)82(71-29-17-6-18-30-71)78-57-43-66(44-58-78)65-41-55-76(56-42-65)81(70-27-15-5-16-28-70)75-51-35-62(36-52-75)61-33-47-72(48-34-61)79(67-21-9-2-10-22-67)68-23-11-3-12-24-68/h1-58H. The molecule has 0 bridgehead atoms. The van der Waals surface area contributed by atoms with Gasteiger partial charge in [0, 0.05) is 68.2 Å². The third-order valence-corrected chi connectivity index (χ3v) is 15.1. The van der Waals surface area contributed by atoms with Crippen LogP contribution < -0.4 is 19.6 Å². The minimum absolute atomic E-state index is 1.08. The molecule has 0 aliphatic rings. The van der Waals surface area contributed by atoms with Crippen molar-refractivity contribution in [3.8, 4) is 44.5 Å². The second kappa shape index (κ2) is 23.6. The lowest BCUT2D eigenvalue weighted by Gasteiger charge is -2.27. The zero-order valence-electron chi connectivity index (χ0n) is 45.3. The van der Waals surface area contributed by atoms with Crippen molar-refractivity contribution in [1.29, 1.82) is 0 Å². The highest BCUT2D eigenvalue weighted by Gasteiger charge is 2.18. The Morgan fingerprint density at radius 3 is 0.354 bits per heavy atom. The molecule has 0 saturated heterocycles. The van der Waals surface area contributed by atoms with Crippen LogP contribution in [0.4, 0.5) is 68.2 Å². The van der Waals surface area contributed by atoms with E-state index in [2.05, 4.69) is 371 Å². The van der Waals surface area contributed by atoms with Gasteiger partial charge in [-0.2, -0.15) is 0 Å². The van der Waals surface area contributed by atoms with Gasteiger partial charge in [-0.25, -0.2) is 0 Å². The molecular formula is C78H58N4. The Bertz CT molecular complexity index is 4070. The number of anilines is 12. The summed E-state index contributed by atoms with van der Waals surface area (Å²) in [6.45, 7) is 0. The van der Waals surface area contributed by atoms with Gasteiger partial charge in [0.1, 0.15) is 0 Å². The van der Waals surface area contributed by atoms with Crippen molar-refractivity contribution in [2.24, 2.45) is 0 Å². The maximum atomic E-state index is 2.32. The zero-order chi connectivity index (χ0) is 54.9. The fraction of sp³-hybridized carbons (Fsp3) is 0. The molecule has 13 aromatic rings. The van der Waals surface area contributed by atoms with Crippen molar-refractivity contribution in [3.05, 3.63) is 352 Å². The quantitative estimate of drug-likeness (QED) is 0.0956. The smallest absolute Gasteiger partial charge is 0.0462 e. The lowest BCUT2D eigenvalue weighted by molar-refractivity contribution is 1.28. The molecule has 0 N–H and O–H groups in total. The molecule has 0 amide bonds. The van der Waals surface area contributed by atoms with Crippen LogP contribution in [0.1, 0.15) is 0 Å². The number of para-hydroxylation sites is 5. The molecule has 0 saturated carbocycles. The molecule has 4 nitrogen and oxygen atoms in total. The van der Waals surface area contributed by atoms with Crippen LogP contribution in [-0.2, 0) is 0 Å². The summed E-state index contributed by atoms with van der Waals surface area (Å²) in [5, 5.41) is 0. The number of hydrogen-bond acceptors (Lipinski definition) is 4. The molecule has 0 spiro atoms. The first-order valence-corrected chi connectivity index (χ1v) is 27.9. The minimum atomic E-state index is 1.08. The fourth-order valence-corrected chi connectivity index (χ4v) is 10.9. The van der Waals surface area contributed by atoms with Crippen LogP contribution in [0.25, 0.3) is 44.5 Å². The van der Waals surface area contributed by atoms with E-state index < -0.39 is 0 Å². The van der Waals surface area contributed by atoms with E-state index in [-0.39, 0.29) is 0 Å². The van der Waals surface area contributed by atoms with Crippen LogP contribution in [0.3, 0.4) is 0 Å². The van der Waals surface area contributed by atoms with Gasteiger partial charge in [0.15, 0.2) is 0 Å². The zero-order valence-corrected chi connectivity index (χ0v) is 45.3. The van der Waals surface area contributed by atoms with Gasteiger partial charge in [-0.05, 0) is 190 Å². The number of nitrogens with zero attached hydrogens (tertiary/aromatic N) is 4. The molecule has 0 heterocycles. The second-order valence-electron chi connectivity index (χ2n) is 20.2. The molecule has 0 aliphatic heterocycles. The van der Waals surface area contributed by atoms with E-state index in [1.165, 1.54) is 11.1 Å². The normalized spacial score (nSPS) is 10.9. The van der Waals surface area contributed by atoms with Crippen LogP contribution in [-0.4, -0.2) is 0 Å². The molecule has 13 rings (SSSR count). The molecule has 13 aromatic carbocycles. The predicted molar refractivity (Wildman–Crippen MR) is 347 cm³/mol. The third-order valence-electron chi connectivity index (χ3n) is 15.1. The second-order valence-corrected chi connectivity index (χ2v) is 20.2. The third kappa shape index (κ3) is 10.9. The summed E-state index contributed by atoms with van der Waals surface area (Å²) in [5.74, 6) is 0. The van der Waals surface area contributed by atoms with Crippen LogP contribution >= 0.6 is 0 Å². The molecule has 82 heavy (non-hydrogen) atoms. The Balaban J connectivity index is 0.725. The van der Waals surface area contributed by atoms with Crippen LogP contribution in [0.5, 0.6) is 0 Å². The van der Waals surface area contributed by atoms with E-state index in [1.54, 1.807) is 0 Å². The van der Waals surface area contributed by atoms with Gasteiger partial charge in [-0.15, -0.1) is 0 Å². The van der Waals surface area contributed by atoms with E-state index >= 15 is 0 Å². The van der Waals surface area contributed by atoms with Crippen molar-refractivity contribution in [2.45, 2.75) is 0 Å². The highest BCUT2D eigenvalue weighted by Crippen LogP contribution is 2.42. The first-order chi connectivity index (χ1) is 40.7. The lowest BCUT2D eigenvalue weighted by Crippen LogP contribution is -2.10. The van der Waals surface area contributed by atoms with Gasteiger partial charge in [-0.3, -0.25) is 0 Å². The van der Waals surface area contributed by atoms with Crippen molar-refractivity contribution in [2.75, 3.05) is 19.6 Å². The Kier molecular flexibility index (Phi) is 14.5. The molecule has 0 atom stereocenters. The number of rotatable bonds is 16. The van der Waals surface area contributed by atoms with Crippen molar-refractivity contribution in [1.82, 2.24) is 0 Å². The highest BCUT2D eigenvalue weighted by molar-refractivity contribution is 5.85. The van der Waals surface area contributed by atoms with Crippen LogP contribution in [0.15, 0.2) is 352 Å². The first kappa shape index (κ1) is 50.6. The number of hydrogen-bond donors (Lipinski definition) is 0. The van der Waals surface area contributed by atoms with Crippen molar-refractivity contribution < 1.29 is 0 Å². The van der Waals surface area contributed by atoms with Gasteiger partial charge in [-0.1, -0.05) is 206 Å². The molecular weight excluding hydrogens is 993 g/mol. The van der Waals surface area contributed by atoms with E-state index in [0.29, 0.717) is 0 Å².